The first kappa shape index (κ1) is 17.7. The quantitative estimate of drug-likeness (QED) is 0.696. The summed E-state index contributed by atoms with van der Waals surface area (Å²) in [6, 6.07) is 0.157. The number of hydrogen-bond acceptors (Lipinski definition) is 3. The van der Waals surface area contributed by atoms with Gasteiger partial charge in [-0.15, -0.1) is 0 Å². The van der Waals surface area contributed by atoms with Crippen molar-refractivity contribution in [3.05, 3.63) is 18.2 Å². The third-order valence-corrected chi connectivity index (χ3v) is 3.86. The minimum Gasteiger partial charge on any atom is -0.480 e. The Bertz CT molecular complexity index is 442. The van der Waals surface area contributed by atoms with Gasteiger partial charge in [-0.2, -0.15) is 0 Å². The summed E-state index contributed by atoms with van der Waals surface area (Å²) >= 11 is 0. The fraction of sp³-hybridized carbons (Fsp3) is 0.750. The molecule has 0 aromatic carbocycles. The van der Waals surface area contributed by atoms with Crippen molar-refractivity contribution >= 4 is 5.97 Å². The largest absolute Gasteiger partial charge is 0.480 e. The number of rotatable bonds is 10. The first-order valence-corrected chi connectivity index (χ1v) is 7.96. The van der Waals surface area contributed by atoms with E-state index in [4.69, 9.17) is 0 Å². The van der Waals surface area contributed by atoms with Crippen LogP contribution < -0.4 is 5.32 Å². The molecular formula is C16H29N3O2. The van der Waals surface area contributed by atoms with E-state index in [1.807, 2.05) is 33.2 Å². The van der Waals surface area contributed by atoms with Gasteiger partial charge in [-0.05, 0) is 39.5 Å². The summed E-state index contributed by atoms with van der Waals surface area (Å²) < 4.78 is 2.14. The van der Waals surface area contributed by atoms with Gasteiger partial charge in [-0.3, -0.25) is 10.1 Å². The van der Waals surface area contributed by atoms with Gasteiger partial charge in [0.05, 0.1) is 0 Å². The maximum absolute atomic E-state index is 11.7. The summed E-state index contributed by atoms with van der Waals surface area (Å²) in [6.45, 7) is 8.87. The van der Waals surface area contributed by atoms with E-state index in [1.54, 1.807) is 0 Å². The molecule has 0 bridgehead atoms. The van der Waals surface area contributed by atoms with Crippen molar-refractivity contribution in [2.24, 2.45) is 0 Å². The molecule has 1 unspecified atom stereocenters. The zero-order valence-corrected chi connectivity index (χ0v) is 13.7. The first-order chi connectivity index (χ1) is 9.95. The van der Waals surface area contributed by atoms with Crippen LogP contribution in [0.1, 0.15) is 59.2 Å². The van der Waals surface area contributed by atoms with E-state index in [-0.39, 0.29) is 6.04 Å². The average molecular weight is 295 g/mol. The summed E-state index contributed by atoms with van der Waals surface area (Å²) in [7, 11) is 0. The minimum atomic E-state index is -0.820. The Labute approximate surface area is 127 Å². The van der Waals surface area contributed by atoms with Crippen molar-refractivity contribution in [3.8, 4) is 0 Å². The fourth-order valence-corrected chi connectivity index (χ4v) is 2.77. The lowest BCUT2D eigenvalue weighted by Crippen LogP contribution is -2.54. The predicted molar refractivity (Wildman–Crippen MR) is 84.4 cm³/mol. The molecule has 2 N–H and O–H groups in total. The highest BCUT2D eigenvalue weighted by Crippen LogP contribution is 2.20. The van der Waals surface area contributed by atoms with E-state index < -0.39 is 11.5 Å². The molecule has 1 atom stereocenters. The Morgan fingerprint density at radius 2 is 2.19 bits per heavy atom. The molecule has 0 spiro atoms. The summed E-state index contributed by atoms with van der Waals surface area (Å²) in [5.74, 6) is 0.338. The van der Waals surface area contributed by atoms with Gasteiger partial charge in [-0.1, -0.05) is 13.8 Å². The van der Waals surface area contributed by atoms with E-state index in [9.17, 15) is 9.90 Å². The summed E-state index contributed by atoms with van der Waals surface area (Å²) in [5.41, 5.74) is -0.820. The van der Waals surface area contributed by atoms with Crippen LogP contribution in [0.15, 0.2) is 12.4 Å². The number of hydrogen-bond donors (Lipinski definition) is 2. The number of nitrogens with zero attached hydrogens (tertiary/aromatic N) is 2. The Hall–Kier alpha value is -1.36. The van der Waals surface area contributed by atoms with Gasteiger partial charge in [0.25, 0.3) is 0 Å². The van der Waals surface area contributed by atoms with E-state index >= 15 is 0 Å². The highest BCUT2D eigenvalue weighted by molar-refractivity contribution is 5.78. The third-order valence-electron chi connectivity index (χ3n) is 3.86. The van der Waals surface area contributed by atoms with Crippen LogP contribution >= 0.6 is 0 Å². The molecule has 1 aromatic rings. The van der Waals surface area contributed by atoms with Gasteiger partial charge in [0.15, 0.2) is 0 Å². The van der Waals surface area contributed by atoms with Gasteiger partial charge in [0, 0.05) is 31.4 Å². The van der Waals surface area contributed by atoms with E-state index in [2.05, 4.69) is 21.8 Å². The second kappa shape index (κ2) is 8.17. The van der Waals surface area contributed by atoms with Crippen molar-refractivity contribution in [1.29, 1.82) is 0 Å². The molecule has 0 saturated heterocycles. The Morgan fingerprint density at radius 3 is 2.71 bits per heavy atom. The second-order valence-corrected chi connectivity index (χ2v) is 5.93. The maximum Gasteiger partial charge on any atom is 0.323 e. The molecule has 1 heterocycles. The molecule has 1 rings (SSSR count). The normalized spacial score (nSPS) is 14.3. The van der Waals surface area contributed by atoms with Crippen molar-refractivity contribution < 1.29 is 9.90 Å². The van der Waals surface area contributed by atoms with Crippen LogP contribution in [-0.2, 0) is 17.8 Å². The van der Waals surface area contributed by atoms with Gasteiger partial charge in [-0.25, -0.2) is 4.98 Å². The molecule has 5 nitrogen and oxygen atoms in total. The van der Waals surface area contributed by atoms with Crippen LogP contribution in [0.4, 0.5) is 0 Å². The van der Waals surface area contributed by atoms with Crippen LogP contribution in [0.5, 0.6) is 0 Å². The first-order valence-electron chi connectivity index (χ1n) is 7.96. The maximum atomic E-state index is 11.7. The fourth-order valence-electron chi connectivity index (χ4n) is 2.77. The van der Waals surface area contributed by atoms with Crippen molar-refractivity contribution in [3.63, 3.8) is 0 Å². The average Bonchev–Trinajstić information content (AvgIpc) is 2.85. The standard InChI is InChI=1S/C16H29N3O2/c1-5-8-14-17-10-12-19(14)11-7-9-16(6-2,15(20)21)18-13(3)4/h10,12-13,18H,5-9,11H2,1-4H3,(H,20,21). The molecule has 0 aliphatic rings. The zero-order chi connectivity index (χ0) is 15.9. The van der Waals surface area contributed by atoms with Crippen LogP contribution in [-0.4, -0.2) is 32.2 Å². The Morgan fingerprint density at radius 1 is 1.48 bits per heavy atom. The number of carboxylic acid groups (broad SMARTS) is 1. The van der Waals surface area contributed by atoms with Gasteiger partial charge < -0.3 is 9.67 Å². The van der Waals surface area contributed by atoms with Gasteiger partial charge >= 0.3 is 5.97 Å². The summed E-state index contributed by atoms with van der Waals surface area (Å²) in [4.78, 5) is 16.0. The van der Waals surface area contributed by atoms with Gasteiger partial charge in [0.1, 0.15) is 11.4 Å². The lowest BCUT2D eigenvalue weighted by Gasteiger charge is -2.31. The van der Waals surface area contributed by atoms with Crippen molar-refractivity contribution in [2.45, 2.75) is 77.9 Å². The lowest BCUT2D eigenvalue weighted by molar-refractivity contribution is -0.145. The molecule has 1 aromatic heterocycles. The molecular weight excluding hydrogens is 266 g/mol. The number of aliphatic carboxylic acids is 1. The molecule has 5 heteroatoms. The molecule has 0 saturated carbocycles. The predicted octanol–water partition coefficient (Wildman–Crippen LogP) is 2.85. The van der Waals surface area contributed by atoms with Crippen molar-refractivity contribution in [1.82, 2.24) is 14.9 Å². The number of nitrogens with one attached hydrogen (secondary N) is 1. The molecule has 0 radical (unpaired) electrons. The molecule has 120 valence electrons. The molecule has 21 heavy (non-hydrogen) atoms. The SMILES string of the molecule is CCCc1nccn1CCCC(CC)(NC(C)C)C(=O)O. The molecule has 0 amide bonds. The van der Waals surface area contributed by atoms with Crippen LogP contribution in [0, 0.1) is 0 Å². The number of carbonyl (C=O) groups is 1. The van der Waals surface area contributed by atoms with Crippen molar-refractivity contribution in [2.75, 3.05) is 0 Å². The minimum absolute atomic E-state index is 0.157. The summed E-state index contributed by atoms with van der Waals surface area (Å²) in [6.07, 6.45) is 7.88. The van der Waals surface area contributed by atoms with E-state index in [0.29, 0.717) is 12.8 Å². The van der Waals surface area contributed by atoms with E-state index in [1.165, 1.54) is 0 Å². The van der Waals surface area contributed by atoms with Gasteiger partial charge in [0.2, 0.25) is 0 Å². The monoisotopic (exact) mass is 295 g/mol. The zero-order valence-electron chi connectivity index (χ0n) is 13.7. The number of aromatic nitrogens is 2. The van der Waals surface area contributed by atoms with Crippen LogP contribution in [0.2, 0.25) is 0 Å². The highest BCUT2D eigenvalue weighted by Gasteiger charge is 2.36. The molecule has 0 aliphatic heterocycles. The molecule has 0 aliphatic carbocycles. The number of aryl methyl sites for hydroxylation is 2. The second-order valence-electron chi connectivity index (χ2n) is 5.93. The summed E-state index contributed by atoms with van der Waals surface area (Å²) in [5, 5.41) is 12.8. The topological polar surface area (TPSA) is 67.2 Å². The Kier molecular flexibility index (Phi) is 6.89. The number of carboxylic acids is 1. The van der Waals surface area contributed by atoms with Crippen LogP contribution in [0.3, 0.4) is 0 Å². The number of imidazole rings is 1. The smallest absolute Gasteiger partial charge is 0.323 e. The lowest BCUT2D eigenvalue weighted by atomic mass is 9.89. The third kappa shape index (κ3) is 4.84. The van der Waals surface area contributed by atoms with Crippen LogP contribution in [0.25, 0.3) is 0 Å². The Balaban J connectivity index is 2.65. The molecule has 0 fully saturated rings. The highest BCUT2D eigenvalue weighted by atomic mass is 16.4. The van der Waals surface area contributed by atoms with E-state index in [0.717, 1.165) is 31.6 Å².